The van der Waals surface area contributed by atoms with Crippen LogP contribution in [0.15, 0.2) is 41.1 Å². The second kappa shape index (κ2) is 3.62. The van der Waals surface area contributed by atoms with Gasteiger partial charge in [0.1, 0.15) is 11.8 Å². The second-order valence-electron chi connectivity index (χ2n) is 2.62. The summed E-state index contributed by atoms with van der Waals surface area (Å²) in [5.74, 6) is 0.551. The maximum atomic E-state index is 9.90. The van der Waals surface area contributed by atoms with Crippen LogP contribution in [0.1, 0.15) is 5.56 Å². The lowest BCUT2D eigenvalue weighted by Crippen LogP contribution is -1.77. The molecular formula is C10H6N2O2. The fourth-order valence-corrected chi connectivity index (χ4v) is 1.11. The molecule has 0 atom stereocenters. The molecule has 0 aliphatic carbocycles. The van der Waals surface area contributed by atoms with Gasteiger partial charge in [-0.2, -0.15) is 0 Å². The van der Waals surface area contributed by atoms with Crippen LogP contribution in [0.25, 0.3) is 16.5 Å². The van der Waals surface area contributed by atoms with Crippen LogP contribution in [0.2, 0.25) is 0 Å². The van der Waals surface area contributed by atoms with Gasteiger partial charge in [-0.05, 0) is 24.3 Å². The normalized spacial score (nSPS) is 9.14. The highest BCUT2D eigenvalue weighted by atomic mass is 16.4. The van der Waals surface area contributed by atoms with Crippen LogP contribution in [-0.4, -0.2) is 4.98 Å². The van der Waals surface area contributed by atoms with E-state index in [1.807, 2.05) is 0 Å². The van der Waals surface area contributed by atoms with Crippen LogP contribution in [-0.2, 0) is 0 Å². The molecule has 0 radical (unpaired) electrons. The maximum absolute atomic E-state index is 9.90. The molecule has 0 N–H and O–H groups in total. The highest BCUT2D eigenvalue weighted by Crippen LogP contribution is 2.16. The van der Waals surface area contributed by atoms with Gasteiger partial charge in [0.25, 0.3) is 0 Å². The fraction of sp³-hybridized carbons (Fsp3) is 0. The molecule has 4 nitrogen and oxygen atoms in total. The molecule has 1 heterocycles. The van der Waals surface area contributed by atoms with Crippen LogP contribution in [0, 0.1) is 11.3 Å². The lowest BCUT2D eigenvalue weighted by Gasteiger charge is -1.92. The van der Waals surface area contributed by atoms with Gasteiger partial charge in [0.05, 0.1) is 6.20 Å². The first-order chi connectivity index (χ1) is 6.90. The molecule has 0 unspecified atom stereocenters. The smallest absolute Gasteiger partial charge is 0.336 e. The molecule has 0 saturated heterocycles. The zero-order valence-corrected chi connectivity index (χ0v) is 7.18. The maximum Gasteiger partial charge on any atom is 0.336 e. The van der Waals surface area contributed by atoms with Crippen LogP contribution in [0.3, 0.4) is 0 Å². The molecule has 2 rings (SSSR count). The quantitative estimate of drug-likeness (QED) is 0.643. The van der Waals surface area contributed by atoms with Gasteiger partial charge in [-0.25, -0.2) is 4.98 Å². The minimum absolute atomic E-state index is 0.551. The third-order valence-corrected chi connectivity index (χ3v) is 1.74. The molecular weight excluding hydrogens is 180 g/mol. The van der Waals surface area contributed by atoms with Crippen molar-refractivity contribution in [3.05, 3.63) is 52.5 Å². The summed E-state index contributed by atoms with van der Waals surface area (Å²) in [5.41, 5.74) is 1.49. The van der Waals surface area contributed by atoms with Crippen molar-refractivity contribution in [3.63, 3.8) is 0 Å². The van der Waals surface area contributed by atoms with Gasteiger partial charge in [-0.1, -0.05) is 0 Å². The molecule has 0 aliphatic rings. The lowest BCUT2D eigenvalue weighted by molar-refractivity contribution is 0.574. The molecule has 0 bridgehead atoms. The van der Waals surface area contributed by atoms with Crippen molar-refractivity contribution in [2.75, 3.05) is 0 Å². The van der Waals surface area contributed by atoms with Gasteiger partial charge in [0.2, 0.25) is 5.89 Å². The number of oxazole rings is 1. The molecule has 0 aliphatic heterocycles. The van der Waals surface area contributed by atoms with E-state index in [-0.39, 0.29) is 0 Å². The zero-order valence-electron chi connectivity index (χ0n) is 7.18. The number of aromatic nitrogens is 1. The van der Waals surface area contributed by atoms with Gasteiger partial charge in [0, 0.05) is 10.6 Å². The summed E-state index contributed by atoms with van der Waals surface area (Å²) >= 11 is 0. The predicted octanol–water partition coefficient (Wildman–Crippen LogP) is 2.52. The summed E-state index contributed by atoms with van der Waals surface area (Å²) in [7, 11) is 0. The van der Waals surface area contributed by atoms with Gasteiger partial charge in [-0.15, -0.1) is 0 Å². The molecule has 0 fully saturated rings. The van der Waals surface area contributed by atoms with Crippen LogP contribution < -0.4 is 0 Å². The average Bonchev–Trinajstić information content (AvgIpc) is 2.72. The van der Waals surface area contributed by atoms with E-state index in [1.54, 1.807) is 30.5 Å². The van der Waals surface area contributed by atoms with Gasteiger partial charge in [-0.3, -0.25) is 0 Å². The lowest BCUT2D eigenvalue weighted by atomic mass is 10.1. The van der Waals surface area contributed by atoms with Gasteiger partial charge in [0.15, 0.2) is 0 Å². The Morgan fingerprint density at radius 1 is 1.29 bits per heavy atom. The Kier molecular flexibility index (Phi) is 2.15. The van der Waals surface area contributed by atoms with E-state index in [4.69, 9.17) is 4.42 Å². The van der Waals surface area contributed by atoms with Crippen molar-refractivity contribution >= 4 is 0 Å². The summed E-state index contributed by atoms with van der Waals surface area (Å²) in [5, 5.41) is 12.5. The minimum atomic E-state index is 0.551. The average molecular weight is 186 g/mol. The van der Waals surface area contributed by atoms with Crippen molar-refractivity contribution in [2.45, 2.75) is 0 Å². The predicted molar refractivity (Wildman–Crippen MR) is 51.7 cm³/mol. The summed E-state index contributed by atoms with van der Waals surface area (Å²) in [6.07, 6.45) is 3.09. The Hall–Kier alpha value is -2.28. The Bertz CT molecular complexity index is 463. The molecule has 0 saturated carbocycles. The van der Waals surface area contributed by atoms with Gasteiger partial charge >= 0.3 is 6.07 Å². The van der Waals surface area contributed by atoms with Crippen molar-refractivity contribution in [1.82, 2.24) is 4.98 Å². The second-order valence-corrected chi connectivity index (χ2v) is 2.62. The van der Waals surface area contributed by atoms with Gasteiger partial charge < -0.3 is 9.62 Å². The van der Waals surface area contributed by atoms with Crippen LogP contribution in [0.5, 0.6) is 0 Å². The minimum Gasteiger partial charge on any atom is -0.498 e. The van der Waals surface area contributed by atoms with E-state index in [0.29, 0.717) is 11.5 Å². The number of rotatable bonds is 1. The largest absolute Gasteiger partial charge is 0.498 e. The van der Waals surface area contributed by atoms with E-state index in [2.05, 4.69) is 16.1 Å². The van der Waals surface area contributed by atoms with E-state index < -0.39 is 0 Å². The zero-order chi connectivity index (χ0) is 9.80. The third kappa shape index (κ3) is 1.57. The monoisotopic (exact) mass is 186 g/mol. The molecule has 1 aromatic carbocycles. The van der Waals surface area contributed by atoms with Crippen molar-refractivity contribution in [1.29, 1.82) is 0 Å². The summed E-state index contributed by atoms with van der Waals surface area (Å²) in [6, 6.07) is 9.33. The van der Waals surface area contributed by atoms with E-state index in [0.717, 1.165) is 5.56 Å². The van der Waals surface area contributed by atoms with Crippen LogP contribution >= 0.6 is 0 Å². The summed E-state index contributed by atoms with van der Waals surface area (Å²) < 4.78 is 5.10. The van der Waals surface area contributed by atoms with E-state index in [1.165, 1.54) is 6.26 Å². The molecule has 68 valence electrons. The first kappa shape index (κ1) is 8.32. The highest BCUT2D eigenvalue weighted by Gasteiger charge is 2.02. The third-order valence-electron chi connectivity index (χ3n) is 1.74. The van der Waals surface area contributed by atoms with Crippen LogP contribution in [0.4, 0.5) is 0 Å². The standard InChI is InChI=1S/C10H6N2O2/c13-12-7-8-1-3-9(4-2-8)10-11-5-6-14-10/h1-6H. The van der Waals surface area contributed by atoms with E-state index in [9.17, 15) is 5.21 Å². The van der Waals surface area contributed by atoms with Crippen molar-refractivity contribution in [2.24, 2.45) is 0 Å². The first-order valence-electron chi connectivity index (χ1n) is 3.98. The van der Waals surface area contributed by atoms with Crippen molar-refractivity contribution in [3.8, 4) is 17.5 Å². The Balaban J connectivity index is 2.34. The Morgan fingerprint density at radius 3 is 2.64 bits per heavy atom. The molecule has 2 aromatic rings. The van der Waals surface area contributed by atoms with Crippen molar-refractivity contribution < 1.29 is 4.42 Å². The number of nitrogens with zero attached hydrogens (tertiary/aromatic N) is 2. The molecule has 0 amide bonds. The molecule has 4 heteroatoms. The Labute approximate surface area is 80.2 Å². The topological polar surface area (TPSA) is 53.5 Å². The molecule has 0 spiro atoms. The number of hydrogen-bond acceptors (Lipinski definition) is 3. The molecule has 14 heavy (non-hydrogen) atoms. The summed E-state index contributed by atoms with van der Waals surface area (Å²) in [4.78, 5) is 3.99. The summed E-state index contributed by atoms with van der Waals surface area (Å²) in [6.45, 7) is 0. The SMILES string of the molecule is [O-][N+]#Cc1ccc(-c2ncco2)cc1. The number of hydrogen-bond donors (Lipinski definition) is 0. The van der Waals surface area contributed by atoms with E-state index >= 15 is 0 Å². The highest BCUT2D eigenvalue weighted by molar-refractivity contribution is 5.54. The first-order valence-corrected chi connectivity index (χ1v) is 3.98. The fourth-order valence-electron chi connectivity index (χ4n) is 1.11. The molecule has 1 aromatic heterocycles. The number of benzene rings is 1. The Morgan fingerprint density at radius 2 is 2.07 bits per heavy atom.